The molecular weight excluding hydrogens is 366 g/mol. The van der Waals surface area contributed by atoms with E-state index in [0.29, 0.717) is 11.4 Å². The van der Waals surface area contributed by atoms with E-state index < -0.39 is 29.9 Å². The molecule has 0 aliphatic heterocycles. The molecule has 1 aromatic heterocycles. The molecule has 0 saturated heterocycles. The van der Waals surface area contributed by atoms with Gasteiger partial charge >= 0.3 is 5.97 Å². The number of aryl methyl sites for hydroxylation is 1. The van der Waals surface area contributed by atoms with Crippen LogP contribution in [-0.2, 0) is 23.1 Å². The van der Waals surface area contributed by atoms with Crippen molar-refractivity contribution in [2.75, 3.05) is 5.75 Å². The Morgan fingerprint density at radius 1 is 1.07 bits per heavy atom. The molecule has 8 heteroatoms. The van der Waals surface area contributed by atoms with Crippen LogP contribution in [-0.4, -0.2) is 45.3 Å². The maximum absolute atomic E-state index is 12.6. The molecule has 0 aliphatic carbocycles. The number of aromatic nitrogens is 1. The molecule has 0 fully saturated rings. The first kappa shape index (κ1) is 20.6. The quantitative estimate of drug-likeness (QED) is 0.485. The number of rotatable bonds is 9. The Kier molecular flexibility index (Phi) is 7.48. The number of carbonyl (C=O) groups excluding carboxylic acids is 2. The zero-order valence-corrected chi connectivity index (χ0v) is 15.9. The lowest BCUT2D eigenvalue weighted by Gasteiger charge is -2.21. The fraction of sp³-hybridized carbons (Fsp3) is 0.316. The van der Waals surface area contributed by atoms with Gasteiger partial charge in [0.15, 0.2) is 0 Å². The number of carbonyl (C=O) groups is 3. The van der Waals surface area contributed by atoms with Crippen LogP contribution in [0.25, 0.3) is 0 Å². The summed E-state index contributed by atoms with van der Waals surface area (Å²) >= 11 is 4.13. The first-order valence-electron chi connectivity index (χ1n) is 8.52. The minimum atomic E-state index is -1.13. The van der Waals surface area contributed by atoms with Gasteiger partial charge in [0, 0.05) is 19.7 Å². The van der Waals surface area contributed by atoms with Crippen molar-refractivity contribution in [3.05, 3.63) is 59.9 Å². The Bertz CT molecular complexity index is 791. The van der Waals surface area contributed by atoms with Crippen LogP contribution in [0.3, 0.4) is 0 Å². The van der Waals surface area contributed by atoms with E-state index in [1.165, 1.54) is 0 Å². The summed E-state index contributed by atoms with van der Waals surface area (Å²) in [5.41, 5.74) is 1.20. The van der Waals surface area contributed by atoms with Gasteiger partial charge in [-0.25, -0.2) is 4.79 Å². The Morgan fingerprint density at radius 2 is 1.78 bits per heavy atom. The van der Waals surface area contributed by atoms with Crippen molar-refractivity contribution in [1.29, 1.82) is 0 Å². The monoisotopic (exact) mass is 389 g/mol. The fourth-order valence-electron chi connectivity index (χ4n) is 2.65. The van der Waals surface area contributed by atoms with E-state index in [0.717, 1.165) is 5.56 Å². The minimum absolute atomic E-state index is 0.154. The van der Waals surface area contributed by atoms with Gasteiger partial charge in [0.25, 0.3) is 5.91 Å². The van der Waals surface area contributed by atoms with Crippen molar-refractivity contribution in [3.63, 3.8) is 0 Å². The van der Waals surface area contributed by atoms with E-state index in [2.05, 4.69) is 23.3 Å². The maximum Gasteiger partial charge on any atom is 0.326 e. The van der Waals surface area contributed by atoms with Crippen molar-refractivity contribution in [2.45, 2.75) is 24.9 Å². The molecule has 1 unspecified atom stereocenters. The van der Waals surface area contributed by atoms with Gasteiger partial charge in [-0.05, 0) is 29.9 Å². The molecule has 144 valence electrons. The molecule has 1 aromatic carbocycles. The summed E-state index contributed by atoms with van der Waals surface area (Å²) in [7, 11) is 1.73. The Hall–Kier alpha value is -2.74. The number of amides is 2. The number of carboxylic acids is 1. The molecule has 2 aromatic rings. The molecule has 0 radical (unpaired) electrons. The van der Waals surface area contributed by atoms with Crippen molar-refractivity contribution in [1.82, 2.24) is 15.2 Å². The van der Waals surface area contributed by atoms with Gasteiger partial charge in [0.2, 0.25) is 5.91 Å². The number of aliphatic carboxylic acids is 1. The van der Waals surface area contributed by atoms with Gasteiger partial charge in [0.1, 0.15) is 17.8 Å². The molecule has 0 saturated carbocycles. The summed E-state index contributed by atoms with van der Waals surface area (Å²) < 4.78 is 1.64. The summed E-state index contributed by atoms with van der Waals surface area (Å²) in [5.74, 6) is -1.72. The summed E-state index contributed by atoms with van der Waals surface area (Å²) in [4.78, 5) is 36.5. The van der Waals surface area contributed by atoms with Crippen LogP contribution in [0.1, 0.15) is 22.5 Å². The van der Waals surface area contributed by atoms with E-state index in [-0.39, 0.29) is 12.8 Å². The smallest absolute Gasteiger partial charge is 0.326 e. The molecule has 3 N–H and O–H groups in total. The molecule has 2 amide bonds. The topological polar surface area (TPSA) is 100 Å². The van der Waals surface area contributed by atoms with Gasteiger partial charge in [-0.3, -0.25) is 9.59 Å². The maximum atomic E-state index is 12.6. The van der Waals surface area contributed by atoms with E-state index in [1.54, 1.807) is 54.2 Å². The molecule has 27 heavy (non-hydrogen) atoms. The van der Waals surface area contributed by atoms with Crippen LogP contribution < -0.4 is 10.6 Å². The summed E-state index contributed by atoms with van der Waals surface area (Å²) in [6.07, 6.45) is 2.16. The normalized spacial score (nSPS) is 12.8. The summed E-state index contributed by atoms with van der Waals surface area (Å²) in [5, 5.41) is 14.6. The predicted octanol–water partition coefficient (Wildman–Crippen LogP) is 1.26. The van der Waals surface area contributed by atoms with E-state index in [4.69, 9.17) is 0 Å². The van der Waals surface area contributed by atoms with Crippen molar-refractivity contribution < 1.29 is 19.5 Å². The Labute approximate surface area is 163 Å². The van der Waals surface area contributed by atoms with Gasteiger partial charge in [-0.2, -0.15) is 12.6 Å². The van der Waals surface area contributed by atoms with Crippen LogP contribution >= 0.6 is 12.6 Å². The lowest BCUT2D eigenvalue weighted by atomic mass is 10.1. The van der Waals surface area contributed by atoms with Crippen molar-refractivity contribution in [3.8, 4) is 0 Å². The second kappa shape index (κ2) is 9.82. The van der Waals surface area contributed by atoms with Gasteiger partial charge < -0.3 is 20.3 Å². The van der Waals surface area contributed by atoms with Crippen LogP contribution in [0, 0.1) is 0 Å². The zero-order valence-electron chi connectivity index (χ0n) is 15.0. The molecule has 2 atom stereocenters. The molecule has 0 bridgehead atoms. The number of carboxylic acid groups (broad SMARTS) is 1. The number of nitrogens with zero attached hydrogens (tertiary/aromatic N) is 1. The minimum Gasteiger partial charge on any atom is -0.480 e. The Morgan fingerprint density at radius 3 is 2.33 bits per heavy atom. The van der Waals surface area contributed by atoms with Crippen molar-refractivity contribution >= 4 is 30.4 Å². The van der Waals surface area contributed by atoms with Gasteiger partial charge in [-0.1, -0.05) is 30.3 Å². The largest absolute Gasteiger partial charge is 0.480 e. The van der Waals surface area contributed by atoms with Crippen LogP contribution in [0.2, 0.25) is 0 Å². The summed E-state index contributed by atoms with van der Waals surface area (Å²) in [6.45, 7) is 0. The second-order valence-corrected chi connectivity index (χ2v) is 6.58. The predicted molar refractivity (Wildman–Crippen MR) is 105 cm³/mol. The highest BCUT2D eigenvalue weighted by atomic mass is 32.1. The highest BCUT2D eigenvalue weighted by Gasteiger charge is 2.27. The Balaban J connectivity index is 2.06. The third kappa shape index (κ3) is 5.89. The zero-order chi connectivity index (χ0) is 19.8. The summed E-state index contributed by atoms with van der Waals surface area (Å²) in [6, 6.07) is 10.4. The number of benzene rings is 1. The van der Waals surface area contributed by atoms with Gasteiger partial charge in [-0.15, -0.1) is 0 Å². The van der Waals surface area contributed by atoms with Crippen molar-refractivity contribution in [2.24, 2.45) is 7.05 Å². The van der Waals surface area contributed by atoms with Crippen LogP contribution in [0.15, 0.2) is 48.7 Å². The number of hydrogen-bond donors (Lipinski definition) is 4. The lowest BCUT2D eigenvalue weighted by molar-refractivity contribution is -0.142. The third-order valence-corrected chi connectivity index (χ3v) is 4.37. The molecule has 2 rings (SSSR count). The average Bonchev–Trinajstić information content (AvgIpc) is 3.07. The second-order valence-electron chi connectivity index (χ2n) is 6.13. The van der Waals surface area contributed by atoms with E-state index >= 15 is 0 Å². The molecule has 7 nitrogen and oxygen atoms in total. The van der Waals surface area contributed by atoms with E-state index in [9.17, 15) is 19.5 Å². The number of hydrogen-bond acceptors (Lipinski definition) is 4. The lowest BCUT2D eigenvalue weighted by Crippen LogP contribution is -2.52. The third-order valence-electron chi connectivity index (χ3n) is 4.11. The number of nitrogens with one attached hydrogen (secondary N) is 2. The molecular formula is C19H23N3O4S. The van der Waals surface area contributed by atoms with Crippen LogP contribution in [0.5, 0.6) is 0 Å². The first-order valence-corrected chi connectivity index (χ1v) is 9.15. The standard InChI is InChI=1S/C19H23N3O4S/c1-22-10-5-8-16(22)18(24)20-14(9-11-27)17(23)21-15(19(25)26)12-13-6-3-2-4-7-13/h2-8,10,14-15,27H,9,11-12H2,1H3,(H,20,24)(H,21,23)(H,25,26)/t14?,15-/m1/s1. The number of thiol groups is 1. The van der Waals surface area contributed by atoms with E-state index in [1.807, 2.05) is 6.07 Å². The SMILES string of the molecule is Cn1cccc1C(=O)NC(CCS)C(=O)N[C@H](Cc1ccccc1)C(=O)O. The molecule has 1 heterocycles. The highest BCUT2D eigenvalue weighted by Crippen LogP contribution is 2.06. The van der Waals surface area contributed by atoms with Gasteiger partial charge in [0.05, 0.1) is 0 Å². The first-order chi connectivity index (χ1) is 12.9. The molecule has 0 aliphatic rings. The molecule has 0 spiro atoms. The average molecular weight is 389 g/mol. The van der Waals surface area contributed by atoms with Crippen LogP contribution in [0.4, 0.5) is 0 Å². The fourth-order valence-corrected chi connectivity index (χ4v) is 2.91. The highest BCUT2D eigenvalue weighted by molar-refractivity contribution is 7.80.